The van der Waals surface area contributed by atoms with Crippen LogP contribution in [0.15, 0.2) is 48.5 Å². The van der Waals surface area contributed by atoms with Crippen molar-refractivity contribution in [1.29, 1.82) is 0 Å². The number of anilines is 2. The van der Waals surface area contributed by atoms with E-state index in [1.54, 1.807) is 6.07 Å². The Morgan fingerprint density at radius 1 is 1.16 bits per heavy atom. The van der Waals surface area contributed by atoms with Gasteiger partial charge in [0.2, 0.25) is 5.91 Å². The highest BCUT2D eigenvalue weighted by molar-refractivity contribution is 5.82. The molecule has 0 radical (unpaired) electrons. The lowest BCUT2D eigenvalue weighted by Crippen LogP contribution is -2.61. The standard InChI is InChI=1S/C24H28F3N3O/c1-3-16(2)28-23(31)20-14-17-13-18(24(25,26)27)9-10-21(17)30-12-11-29(15-22(20)30)19-7-5-4-6-8-19/h4-10,13,16,20,22H,3,11-12,14-15H2,1-2H3,(H,28,31)/t16-,20+,22-/m0/s1. The zero-order valence-electron chi connectivity index (χ0n) is 17.8. The van der Waals surface area contributed by atoms with Gasteiger partial charge in [-0.15, -0.1) is 0 Å². The van der Waals surface area contributed by atoms with Gasteiger partial charge in [0.1, 0.15) is 0 Å². The molecule has 1 amide bonds. The number of carbonyl (C=O) groups is 1. The molecule has 2 aliphatic rings. The Morgan fingerprint density at radius 3 is 2.58 bits per heavy atom. The first-order chi connectivity index (χ1) is 14.8. The van der Waals surface area contributed by atoms with Crippen molar-refractivity contribution in [2.45, 2.75) is 44.9 Å². The van der Waals surface area contributed by atoms with E-state index in [1.165, 1.54) is 6.07 Å². The van der Waals surface area contributed by atoms with E-state index in [0.29, 0.717) is 25.1 Å². The van der Waals surface area contributed by atoms with Crippen molar-refractivity contribution < 1.29 is 18.0 Å². The Bertz CT molecular complexity index is 931. The molecule has 1 fully saturated rings. The molecule has 31 heavy (non-hydrogen) atoms. The zero-order valence-corrected chi connectivity index (χ0v) is 17.8. The topological polar surface area (TPSA) is 35.6 Å². The summed E-state index contributed by atoms with van der Waals surface area (Å²) in [4.78, 5) is 17.6. The van der Waals surface area contributed by atoms with Crippen LogP contribution < -0.4 is 15.1 Å². The quantitative estimate of drug-likeness (QED) is 0.775. The lowest BCUT2D eigenvalue weighted by Gasteiger charge is -2.50. The van der Waals surface area contributed by atoms with E-state index in [-0.39, 0.29) is 18.0 Å². The predicted octanol–water partition coefficient (Wildman–Crippen LogP) is 4.49. The van der Waals surface area contributed by atoms with Gasteiger partial charge in [-0.1, -0.05) is 25.1 Å². The van der Waals surface area contributed by atoms with Crippen LogP contribution in [0.2, 0.25) is 0 Å². The third kappa shape index (κ3) is 4.36. The van der Waals surface area contributed by atoms with Gasteiger partial charge in [0.25, 0.3) is 0 Å². The monoisotopic (exact) mass is 431 g/mol. The Balaban J connectivity index is 1.68. The number of fused-ring (bicyclic) bond motifs is 3. The Kier molecular flexibility index (Phi) is 5.86. The molecule has 7 heteroatoms. The van der Waals surface area contributed by atoms with Crippen molar-refractivity contribution >= 4 is 17.3 Å². The van der Waals surface area contributed by atoms with Crippen molar-refractivity contribution in [3.63, 3.8) is 0 Å². The molecule has 166 valence electrons. The molecular formula is C24H28F3N3O. The third-order valence-electron chi connectivity index (χ3n) is 6.50. The highest BCUT2D eigenvalue weighted by Crippen LogP contribution is 2.40. The van der Waals surface area contributed by atoms with Crippen LogP contribution in [0.25, 0.3) is 0 Å². The molecule has 0 bridgehead atoms. The normalized spacial score (nSPS) is 21.8. The summed E-state index contributed by atoms with van der Waals surface area (Å²) in [5, 5.41) is 3.06. The summed E-state index contributed by atoms with van der Waals surface area (Å²) >= 11 is 0. The van der Waals surface area contributed by atoms with Crippen molar-refractivity contribution in [1.82, 2.24) is 5.32 Å². The maximum atomic E-state index is 13.3. The number of alkyl halides is 3. The summed E-state index contributed by atoms with van der Waals surface area (Å²) in [7, 11) is 0. The maximum Gasteiger partial charge on any atom is 0.416 e. The molecule has 2 heterocycles. The number of nitrogens with one attached hydrogen (secondary N) is 1. The summed E-state index contributed by atoms with van der Waals surface area (Å²) in [5.74, 6) is -0.487. The van der Waals surface area contributed by atoms with Crippen LogP contribution in [-0.4, -0.2) is 37.6 Å². The number of halogens is 3. The smallest absolute Gasteiger partial charge is 0.368 e. The molecule has 2 aromatic carbocycles. The summed E-state index contributed by atoms with van der Waals surface area (Å²) in [6, 6.07) is 13.9. The van der Waals surface area contributed by atoms with E-state index in [2.05, 4.69) is 27.2 Å². The van der Waals surface area contributed by atoms with Gasteiger partial charge in [0.15, 0.2) is 0 Å². The molecule has 3 atom stereocenters. The fraction of sp³-hybridized carbons (Fsp3) is 0.458. The predicted molar refractivity (Wildman–Crippen MR) is 116 cm³/mol. The van der Waals surface area contributed by atoms with Gasteiger partial charge in [-0.05, 0) is 55.7 Å². The SMILES string of the molecule is CC[C@H](C)NC(=O)[C@@H]1Cc2cc(C(F)(F)F)ccc2N2CCN(c3ccccc3)C[C@@H]12. The first-order valence-corrected chi connectivity index (χ1v) is 10.8. The number of para-hydroxylation sites is 1. The molecule has 1 N–H and O–H groups in total. The largest absolute Gasteiger partial charge is 0.416 e. The lowest BCUT2D eigenvalue weighted by molar-refractivity contribution is -0.137. The second kappa shape index (κ2) is 8.44. The van der Waals surface area contributed by atoms with E-state index in [4.69, 9.17) is 0 Å². The number of rotatable bonds is 4. The van der Waals surface area contributed by atoms with E-state index < -0.39 is 17.7 Å². The average molecular weight is 432 g/mol. The first kappa shape index (κ1) is 21.5. The molecule has 0 aliphatic carbocycles. The molecule has 0 saturated carbocycles. The number of hydrogen-bond acceptors (Lipinski definition) is 3. The number of piperazine rings is 1. The minimum Gasteiger partial charge on any atom is -0.368 e. The van der Waals surface area contributed by atoms with Crippen LogP contribution in [0.1, 0.15) is 31.4 Å². The van der Waals surface area contributed by atoms with Crippen molar-refractivity contribution in [3.05, 3.63) is 59.7 Å². The van der Waals surface area contributed by atoms with E-state index in [0.717, 1.165) is 30.4 Å². The molecule has 4 rings (SSSR count). The van der Waals surface area contributed by atoms with Gasteiger partial charge in [0.05, 0.1) is 17.5 Å². The van der Waals surface area contributed by atoms with Gasteiger partial charge < -0.3 is 15.1 Å². The Morgan fingerprint density at radius 2 is 1.90 bits per heavy atom. The van der Waals surface area contributed by atoms with Gasteiger partial charge >= 0.3 is 6.18 Å². The van der Waals surface area contributed by atoms with Crippen molar-refractivity contribution in [2.24, 2.45) is 5.92 Å². The first-order valence-electron chi connectivity index (χ1n) is 10.8. The molecule has 0 spiro atoms. The summed E-state index contributed by atoms with van der Waals surface area (Å²) in [6.45, 7) is 6.01. The van der Waals surface area contributed by atoms with Crippen LogP contribution in [0.3, 0.4) is 0 Å². The van der Waals surface area contributed by atoms with E-state index in [9.17, 15) is 18.0 Å². The lowest BCUT2D eigenvalue weighted by atomic mass is 9.82. The number of amides is 1. The van der Waals surface area contributed by atoms with Crippen molar-refractivity contribution in [2.75, 3.05) is 29.4 Å². The molecule has 0 aromatic heterocycles. The fourth-order valence-electron chi connectivity index (χ4n) is 4.62. The van der Waals surface area contributed by atoms with Crippen LogP contribution in [0.4, 0.5) is 24.5 Å². The number of benzene rings is 2. The van der Waals surface area contributed by atoms with Crippen LogP contribution in [0.5, 0.6) is 0 Å². The average Bonchev–Trinajstić information content (AvgIpc) is 2.77. The molecule has 2 aliphatic heterocycles. The second-order valence-electron chi connectivity index (χ2n) is 8.51. The number of hydrogen-bond donors (Lipinski definition) is 1. The zero-order chi connectivity index (χ0) is 22.2. The summed E-state index contributed by atoms with van der Waals surface area (Å²) in [6.07, 6.45) is -3.28. The maximum absolute atomic E-state index is 13.3. The van der Waals surface area contributed by atoms with Crippen LogP contribution in [-0.2, 0) is 17.4 Å². The summed E-state index contributed by atoms with van der Waals surface area (Å²) < 4.78 is 39.9. The molecule has 4 nitrogen and oxygen atoms in total. The highest BCUT2D eigenvalue weighted by atomic mass is 19.4. The molecule has 0 unspecified atom stereocenters. The third-order valence-corrected chi connectivity index (χ3v) is 6.50. The van der Waals surface area contributed by atoms with E-state index in [1.807, 2.05) is 32.0 Å². The van der Waals surface area contributed by atoms with Gasteiger partial charge in [-0.2, -0.15) is 13.2 Å². The van der Waals surface area contributed by atoms with Crippen molar-refractivity contribution in [3.8, 4) is 0 Å². The molecule has 1 saturated heterocycles. The fourth-order valence-corrected chi connectivity index (χ4v) is 4.62. The van der Waals surface area contributed by atoms with Gasteiger partial charge in [0, 0.05) is 37.1 Å². The Labute approximate surface area is 181 Å². The molecular weight excluding hydrogens is 403 g/mol. The number of nitrogens with zero attached hydrogens (tertiary/aromatic N) is 2. The van der Waals surface area contributed by atoms with Gasteiger partial charge in [-0.25, -0.2) is 0 Å². The minimum atomic E-state index is -4.40. The second-order valence-corrected chi connectivity index (χ2v) is 8.51. The molecule has 2 aromatic rings. The Hall–Kier alpha value is -2.70. The summed E-state index contributed by atoms with van der Waals surface area (Å²) in [5.41, 5.74) is 1.86. The highest BCUT2D eigenvalue weighted by Gasteiger charge is 2.43. The van der Waals surface area contributed by atoms with E-state index >= 15 is 0 Å². The van der Waals surface area contributed by atoms with Crippen LogP contribution in [0, 0.1) is 5.92 Å². The van der Waals surface area contributed by atoms with Gasteiger partial charge in [-0.3, -0.25) is 4.79 Å². The number of carbonyl (C=O) groups excluding carboxylic acids is 1. The van der Waals surface area contributed by atoms with Crippen LogP contribution >= 0.6 is 0 Å². The minimum absolute atomic E-state index is 0.0256.